The minimum absolute atomic E-state index is 0.00327. The van der Waals surface area contributed by atoms with Crippen LogP contribution in [0.3, 0.4) is 0 Å². The number of carbonyl (C=O) groups is 2. The first-order valence-corrected chi connectivity index (χ1v) is 7.99. The van der Waals surface area contributed by atoms with Crippen molar-refractivity contribution in [2.75, 3.05) is 32.8 Å². The van der Waals surface area contributed by atoms with Gasteiger partial charge in [-0.1, -0.05) is 28.6 Å². The zero-order valence-electron chi connectivity index (χ0n) is 11.6. The number of halogens is 1. The third kappa shape index (κ3) is 3.75. The van der Waals surface area contributed by atoms with Crippen molar-refractivity contribution >= 4 is 27.9 Å². The topological polar surface area (TPSA) is 49.9 Å². The van der Waals surface area contributed by atoms with E-state index in [4.69, 9.17) is 4.74 Å². The van der Waals surface area contributed by atoms with E-state index in [-0.39, 0.29) is 23.4 Å². The molecule has 0 aromatic rings. The molecule has 2 fully saturated rings. The van der Waals surface area contributed by atoms with Crippen LogP contribution in [-0.2, 0) is 9.53 Å². The van der Waals surface area contributed by atoms with E-state index < -0.39 is 0 Å². The zero-order valence-corrected chi connectivity index (χ0v) is 13.2. The van der Waals surface area contributed by atoms with Gasteiger partial charge in [-0.2, -0.15) is 0 Å². The van der Waals surface area contributed by atoms with E-state index >= 15 is 0 Å². The minimum Gasteiger partial charge on any atom is -0.445 e. The highest BCUT2D eigenvalue weighted by molar-refractivity contribution is 9.10. The summed E-state index contributed by atoms with van der Waals surface area (Å²) in [6, 6.07) is 0. The lowest BCUT2D eigenvalue weighted by Crippen LogP contribution is -2.42. The highest BCUT2D eigenvalue weighted by atomic mass is 79.9. The van der Waals surface area contributed by atoms with Gasteiger partial charge in [-0.3, -0.25) is 4.79 Å². The molecule has 0 bridgehead atoms. The average Bonchev–Trinajstić information content (AvgIpc) is 2.77. The molecular weight excluding hydrogens is 324 g/mol. The fourth-order valence-electron chi connectivity index (χ4n) is 2.71. The second kappa shape index (κ2) is 7.11. The summed E-state index contributed by atoms with van der Waals surface area (Å²) in [5, 5.41) is 0. The van der Waals surface area contributed by atoms with Crippen molar-refractivity contribution in [3.63, 3.8) is 0 Å². The van der Waals surface area contributed by atoms with Crippen LogP contribution in [0.4, 0.5) is 4.79 Å². The molecule has 2 amide bonds. The standard InChI is InChI=1S/C14H21BrN2O3/c1-2-9-20-14(19)16-6-3-11(4-7-16)10-17-8-5-12(15)13(17)18/h2,11-12H,1,3-10H2. The number of hydrogen-bond donors (Lipinski definition) is 0. The molecule has 1 unspecified atom stereocenters. The Morgan fingerprint density at radius 1 is 1.35 bits per heavy atom. The SMILES string of the molecule is C=CCOC(=O)N1CCC(CN2CCC(Br)C2=O)CC1. The van der Waals surface area contributed by atoms with Crippen LogP contribution in [0.2, 0.25) is 0 Å². The van der Waals surface area contributed by atoms with Gasteiger partial charge in [-0.25, -0.2) is 4.79 Å². The lowest BCUT2D eigenvalue weighted by Gasteiger charge is -2.33. The lowest BCUT2D eigenvalue weighted by molar-refractivity contribution is -0.127. The molecule has 0 radical (unpaired) electrons. The number of amides is 2. The molecule has 0 spiro atoms. The first-order valence-electron chi connectivity index (χ1n) is 7.07. The number of carbonyl (C=O) groups excluding carboxylic acids is 2. The van der Waals surface area contributed by atoms with Gasteiger partial charge in [-0.05, 0) is 25.2 Å². The molecule has 0 aromatic carbocycles. The molecule has 6 heteroatoms. The summed E-state index contributed by atoms with van der Waals surface area (Å²) in [5.41, 5.74) is 0. The Morgan fingerprint density at radius 3 is 2.60 bits per heavy atom. The van der Waals surface area contributed by atoms with Gasteiger partial charge in [0.15, 0.2) is 0 Å². The van der Waals surface area contributed by atoms with Gasteiger partial charge in [0.05, 0.1) is 4.83 Å². The van der Waals surface area contributed by atoms with Crippen LogP contribution in [0.5, 0.6) is 0 Å². The Morgan fingerprint density at radius 2 is 2.05 bits per heavy atom. The van der Waals surface area contributed by atoms with Crippen molar-refractivity contribution in [2.45, 2.75) is 24.1 Å². The van der Waals surface area contributed by atoms with Crippen molar-refractivity contribution in [3.05, 3.63) is 12.7 Å². The molecule has 112 valence electrons. The summed E-state index contributed by atoms with van der Waals surface area (Å²) in [5.74, 6) is 0.693. The molecular formula is C14H21BrN2O3. The normalized spacial score (nSPS) is 24.1. The molecule has 2 saturated heterocycles. The van der Waals surface area contributed by atoms with Gasteiger partial charge < -0.3 is 14.5 Å². The maximum Gasteiger partial charge on any atom is 0.410 e. The maximum atomic E-state index is 11.9. The molecule has 2 rings (SSSR count). The van der Waals surface area contributed by atoms with Crippen LogP contribution in [0.15, 0.2) is 12.7 Å². The van der Waals surface area contributed by atoms with Crippen LogP contribution in [0, 0.1) is 5.92 Å². The van der Waals surface area contributed by atoms with Gasteiger partial charge in [-0.15, -0.1) is 0 Å². The van der Waals surface area contributed by atoms with E-state index in [0.29, 0.717) is 19.0 Å². The third-order valence-electron chi connectivity index (χ3n) is 3.91. The first-order chi connectivity index (χ1) is 9.61. The Hall–Kier alpha value is -1.04. The minimum atomic E-state index is -0.263. The predicted octanol–water partition coefficient (Wildman–Crippen LogP) is 2.02. The zero-order chi connectivity index (χ0) is 14.5. The van der Waals surface area contributed by atoms with Crippen molar-refractivity contribution in [1.29, 1.82) is 0 Å². The Kier molecular flexibility index (Phi) is 5.46. The van der Waals surface area contributed by atoms with Crippen LogP contribution in [-0.4, -0.2) is 59.4 Å². The molecule has 0 aromatic heterocycles. The largest absolute Gasteiger partial charge is 0.445 e. The number of ether oxygens (including phenoxy) is 1. The molecule has 2 aliphatic rings. The van der Waals surface area contributed by atoms with Gasteiger partial charge in [0.25, 0.3) is 0 Å². The predicted molar refractivity (Wildman–Crippen MR) is 79.8 cm³/mol. The number of rotatable bonds is 4. The Labute approximate surface area is 128 Å². The summed E-state index contributed by atoms with van der Waals surface area (Å²) >= 11 is 3.39. The quantitative estimate of drug-likeness (QED) is 0.579. The smallest absolute Gasteiger partial charge is 0.410 e. The summed E-state index contributed by atoms with van der Waals surface area (Å²) < 4.78 is 5.03. The Bertz CT molecular complexity index is 381. The monoisotopic (exact) mass is 344 g/mol. The van der Waals surface area contributed by atoms with Gasteiger partial charge >= 0.3 is 6.09 Å². The van der Waals surface area contributed by atoms with E-state index in [1.807, 2.05) is 4.90 Å². The number of alkyl halides is 1. The Balaban J connectivity index is 1.73. The highest BCUT2D eigenvalue weighted by Gasteiger charge is 2.32. The van der Waals surface area contributed by atoms with Crippen LogP contribution >= 0.6 is 15.9 Å². The number of nitrogens with zero attached hydrogens (tertiary/aromatic N) is 2. The van der Waals surface area contributed by atoms with E-state index in [2.05, 4.69) is 22.5 Å². The van der Waals surface area contributed by atoms with Crippen molar-refractivity contribution < 1.29 is 14.3 Å². The van der Waals surface area contributed by atoms with E-state index in [1.54, 1.807) is 11.0 Å². The first kappa shape index (κ1) is 15.4. The van der Waals surface area contributed by atoms with Crippen LogP contribution in [0.25, 0.3) is 0 Å². The highest BCUT2D eigenvalue weighted by Crippen LogP contribution is 2.24. The molecule has 20 heavy (non-hydrogen) atoms. The van der Waals surface area contributed by atoms with Crippen molar-refractivity contribution in [2.24, 2.45) is 5.92 Å². The number of hydrogen-bond acceptors (Lipinski definition) is 3. The summed E-state index contributed by atoms with van der Waals surface area (Å²) in [4.78, 5) is 27.2. The average molecular weight is 345 g/mol. The fraction of sp³-hybridized carbons (Fsp3) is 0.714. The van der Waals surface area contributed by atoms with E-state index in [0.717, 1.165) is 32.4 Å². The van der Waals surface area contributed by atoms with Gasteiger partial charge in [0.2, 0.25) is 5.91 Å². The van der Waals surface area contributed by atoms with Crippen molar-refractivity contribution in [1.82, 2.24) is 9.80 Å². The number of likely N-dealkylation sites (tertiary alicyclic amines) is 2. The second-order valence-corrected chi connectivity index (χ2v) is 6.44. The van der Waals surface area contributed by atoms with Crippen LogP contribution in [0.1, 0.15) is 19.3 Å². The molecule has 1 atom stereocenters. The lowest BCUT2D eigenvalue weighted by atomic mass is 9.96. The van der Waals surface area contributed by atoms with Gasteiger partial charge in [0.1, 0.15) is 6.61 Å². The molecule has 0 aliphatic carbocycles. The maximum absolute atomic E-state index is 11.9. The molecule has 0 N–H and O–H groups in total. The molecule has 5 nitrogen and oxygen atoms in total. The second-order valence-electron chi connectivity index (χ2n) is 5.34. The molecule has 2 aliphatic heterocycles. The summed E-state index contributed by atoms with van der Waals surface area (Å²) in [6.07, 6.45) is 4.06. The fourth-order valence-corrected chi connectivity index (χ4v) is 3.21. The van der Waals surface area contributed by atoms with E-state index in [9.17, 15) is 9.59 Å². The third-order valence-corrected chi connectivity index (χ3v) is 4.76. The van der Waals surface area contributed by atoms with Crippen molar-refractivity contribution in [3.8, 4) is 0 Å². The van der Waals surface area contributed by atoms with E-state index in [1.165, 1.54) is 0 Å². The van der Waals surface area contributed by atoms with Crippen LogP contribution < -0.4 is 0 Å². The number of piperidine rings is 1. The molecule has 0 saturated carbocycles. The van der Waals surface area contributed by atoms with Gasteiger partial charge in [0, 0.05) is 26.2 Å². The summed E-state index contributed by atoms with van der Waals surface area (Å²) in [6.45, 7) is 6.86. The molecule has 2 heterocycles. The summed E-state index contributed by atoms with van der Waals surface area (Å²) in [7, 11) is 0.